The van der Waals surface area contributed by atoms with Crippen molar-refractivity contribution in [2.75, 3.05) is 5.32 Å². The van der Waals surface area contributed by atoms with Crippen molar-refractivity contribution in [1.82, 2.24) is 19.6 Å². The minimum absolute atomic E-state index is 0.260. The molecule has 3 aromatic heterocycles. The van der Waals surface area contributed by atoms with Crippen molar-refractivity contribution in [3.05, 3.63) is 53.1 Å². The molecule has 0 unspecified atom stereocenters. The standard InChI is InChI=1S/C15H15N5O/c1-9-5-4-6-16-13(9)19-15(21)12-8-17-20-11(3)7-10(2)18-14(12)20/h4-8H,1-3H3,(H,16,19,21). The molecule has 21 heavy (non-hydrogen) atoms. The minimum atomic E-state index is -0.260. The van der Waals surface area contributed by atoms with Gasteiger partial charge >= 0.3 is 0 Å². The number of nitrogens with zero attached hydrogens (tertiary/aromatic N) is 4. The molecule has 0 bridgehead atoms. The van der Waals surface area contributed by atoms with Crippen LogP contribution >= 0.6 is 0 Å². The lowest BCUT2D eigenvalue weighted by atomic mass is 10.2. The molecule has 0 fully saturated rings. The van der Waals surface area contributed by atoms with Crippen LogP contribution in [-0.2, 0) is 0 Å². The Kier molecular flexibility index (Phi) is 3.13. The monoisotopic (exact) mass is 281 g/mol. The summed E-state index contributed by atoms with van der Waals surface area (Å²) in [5, 5.41) is 7.02. The van der Waals surface area contributed by atoms with Crippen LogP contribution < -0.4 is 5.32 Å². The molecule has 0 aromatic carbocycles. The highest BCUT2D eigenvalue weighted by Crippen LogP contribution is 2.15. The van der Waals surface area contributed by atoms with E-state index in [0.717, 1.165) is 17.0 Å². The predicted molar refractivity (Wildman–Crippen MR) is 79.4 cm³/mol. The molecule has 0 aliphatic carbocycles. The third-order valence-corrected chi connectivity index (χ3v) is 3.26. The fraction of sp³-hybridized carbons (Fsp3) is 0.200. The molecular weight excluding hydrogens is 266 g/mol. The largest absolute Gasteiger partial charge is 0.306 e. The number of aryl methyl sites for hydroxylation is 3. The van der Waals surface area contributed by atoms with Crippen LogP contribution in [0.5, 0.6) is 0 Å². The van der Waals surface area contributed by atoms with Crippen molar-refractivity contribution >= 4 is 17.4 Å². The summed E-state index contributed by atoms with van der Waals surface area (Å²) in [4.78, 5) is 21.0. The lowest BCUT2D eigenvalue weighted by Gasteiger charge is -2.06. The molecule has 6 heteroatoms. The highest BCUT2D eigenvalue weighted by atomic mass is 16.1. The van der Waals surface area contributed by atoms with Gasteiger partial charge in [0.1, 0.15) is 11.4 Å². The summed E-state index contributed by atoms with van der Waals surface area (Å²) in [5.74, 6) is 0.288. The molecule has 1 amide bonds. The molecule has 3 heterocycles. The minimum Gasteiger partial charge on any atom is -0.306 e. The SMILES string of the molecule is Cc1cc(C)n2ncc(C(=O)Nc3ncccc3C)c2n1. The first-order valence-corrected chi connectivity index (χ1v) is 6.61. The van der Waals surface area contributed by atoms with Crippen LogP contribution in [0.15, 0.2) is 30.6 Å². The van der Waals surface area contributed by atoms with Gasteiger partial charge in [-0.3, -0.25) is 4.79 Å². The first kappa shape index (κ1) is 13.2. The number of rotatable bonds is 2. The van der Waals surface area contributed by atoms with Crippen molar-refractivity contribution in [2.45, 2.75) is 20.8 Å². The Morgan fingerprint density at radius 1 is 1.29 bits per heavy atom. The Labute approximate surface area is 121 Å². The molecule has 0 aliphatic rings. The second-order valence-corrected chi connectivity index (χ2v) is 4.96. The molecule has 106 valence electrons. The first-order valence-electron chi connectivity index (χ1n) is 6.61. The van der Waals surface area contributed by atoms with Crippen molar-refractivity contribution in [1.29, 1.82) is 0 Å². The summed E-state index contributed by atoms with van der Waals surface area (Å²) in [5.41, 5.74) is 3.68. The lowest BCUT2D eigenvalue weighted by Crippen LogP contribution is -2.14. The topological polar surface area (TPSA) is 72.2 Å². The summed E-state index contributed by atoms with van der Waals surface area (Å²) < 4.78 is 1.66. The molecule has 3 aromatic rings. The Morgan fingerprint density at radius 2 is 2.10 bits per heavy atom. The summed E-state index contributed by atoms with van der Waals surface area (Å²) in [6.07, 6.45) is 3.17. The zero-order valence-electron chi connectivity index (χ0n) is 12.1. The zero-order valence-corrected chi connectivity index (χ0v) is 12.1. The van der Waals surface area contributed by atoms with Gasteiger partial charge in [-0.25, -0.2) is 14.5 Å². The third kappa shape index (κ3) is 2.35. The number of amides is 1. The number of pyridine rings is 1. The van der Waals surface area contributed by atoms with Crippen LogP contribution in [0.1, 0.15) is 27.3 Å². The van der Waals surface area contributed by atoms with E-state index in [4.69, 9.17) is 0 Å². The van der Waals surface area contributed by atoms with E-state index >= 15 is 0 Å². The average Bonchev–Trinajstić information content (AvgIpc) is 2.85. The van der Waals surface area contributed by atoms with E-state index in [1.54, 1.807) is 10.7 Å². The summed E-state index contributed by atoms with van der Waals surface area (Å²) in [6, 6.07) is 5.64. The van der Waals surface area contributed by atoms with Crippen LogP contribution in [0.3, 0.4) is 0 Å². The lowest BCUT2D eigenvalue weighted by molar-refractivity contribution is 0.102. The van der Waals surface area contributed by atoms with E-state index in [9.17, 15) is 4.79 Å². The number of anilines is 1. The highest BCUT2D eigenvalue weighted by molar-refractivity contribution is 6.08. The summed E-state index contributed by atoms with van der Waals surface area (Å²) >= 11 is 0. The van der Waals surface area contributed by atoms with E-state index in [-0.39, 0.29) is 5.91 Å². The van der Waals surface area contributed by atoms with E-state index in [0.29, 0.717) is 17.0 Å². The Bertz CT molecular complexity index is 837. The van der Waals surface area contributed by atoms with Crippen LogP contribution in [-0.4, -0.2) is 25.5 Å². The van der Waals surface area contributed by atoms with Gasteiger partial charge in [0.15, 0.2) is 5.65 Å². The van der Waals surface area contributed by atoms with Crippen LogP contribution in [0.25, 0.3) is 5.65 Å². The van der Waals surface area contributed by atoms with Gasteiger partial charge in [0.2, 0.25) is 0 Å². The van der Waals surface area contributed by atoms with Crippen molar-refractivity contribution in [3.8, 4) is 0 Å². The van der Waals surface area contributed by atoms with Crippen molar-refractivity contribution < 1.29 is 4.79 Å². The van der Waals surface area contributed by atoms with Gasteiger partial charge in [0, 0.05) is 17.6 Å². The summed E-state index contributed by atoms with van der Waals surface area (Å²) in [6.45, 7) is 5.72. The highest BCUT2D eigenvalue weighted by Gasteiger charge is 2.16. The molecule has 3 rings (SSSR count). The van der Waals surface area contributed by atoms with E-state index in [1.165, 1.54) is 6.20 Å². The summed E-state index contributed by atoms with van der Waals surface area (Å²) in [7, 11) is 0. The van der Waals surface area contributed by atoms with Crippen LogP contribution in [0, 0.1) is 20.8 Å². The van der Waals surface area contributed by atoms with Gasteiger partial charge in [-0.05, 0) is 38.5 Å². The predicted octanol–water partition coefficient (Wildman–Crippen LogP) is 2.30. The van der Waals surface area contributed by atoms with E-state index < -0.39 is 0 Å². The second-order valence-electron chi connectivity index (χ2n) is 4.96. The molecule has 0 saturated carbocycles. The van der Waals surface area contributed by atoms with E-state index in [1.807, 2.05) is 39.0 Å². The van der Waals surface area contributed by atoms with Gasteiger partial charge in [-0.15, -0.1) is 0 Å². The molecule has 0 aliphatic heterocycles. The zero-order chi connectivity index (χ0) is 15.0. The normalized spacial score (nSPS) is 10.8. The first-order chi connectivity index (χ1) is 10.1. The number of hydrogen-bond donors (Lipinski definition) is 1. The molecule has 0 spiro atoms. The van der Waals surface area contributed by atoms with Crippen molar-refractivity contribution in [2.24, 2.45) is 0 Å². The van der Waals surface area contributed by atoms with Crippen LogP contribution in [0.2, 0.25) is 0 Å². The fourth-order valence-electron chi connectivity index (χ4n) is 2.22. The maximum atomic E-state index is 12.4. The number of carbonyl (C=O) groups excluding carboxylic acids is 1. The number of nitrogens with one attached hydrogen (secondary N) is 1. The average molecular weight is 281 g/mol. The van der Waals surface area contributed by atoms with Crippen LogP contribution in [0.4, 0.5) is 5.82 Å². The number of aromatic nitrogens is 4. The maximum Gasteiger partial charge on any atom is 0.262 e. The smallest absolute Gasteiger partial charge is 0.262 e. The molecule has 0 atom stereocenters. The maximum absolute atomic E-state index is 12.4. The van der Waals surface area contributed by atoms with Crippen molar-refractivity contribution in [3.63, 3.8) is 0 Å². The molecule has 0 radical (unpaired) electrons. The molecular formula is C15H15N5O. The molecule has 6 nitrogen and oxygen atoms in total. The van der Waals surface area contributed by atoms with Gasteiger partial charge in [-0.1, -0.05) is 6.07 Å². The quantitative estimate of drug-likeness (QED) is 0.782. The Morgan fingerprint density at radius 3 is 2.86 bits per heavy atom. The Balaban J connectivity index is 2.01. The number of carbonyl (C=O) groups is 1. The van der Waals surface area contributed by atoms with E-state index in [2.05, 4.69) is 20.4 Å². The van der Waals surface area contributed by atoms with Gasteiger partial charge in [0.25, 0.3) is 5.91 Å². The molecule has 1 N–H and O–H groups in total. The van der Waals surface area contributed by atoms with Gasteiger partial charge in [-0.2, -0.15) is 5.10 Å². The number of fused-ring (bicyclic) bond motifs is 1. The van der Waals surface area contributed by atoms with Gasteiger partial charge < -0.3 is 5.32 Å². The third-order valence-electron chi connectivity index (χ3n) is 3.26. The second kappa shape index (κ2) is 4.97. The Hall–Kier alpha value is -2.76. The fourth-order valence-corrected chi connectivity index (χ4v) is 2.22. The molecule has 0 saturated heterocycles. The number of hydrogen-bond acceptors (Lipinski definition) is 4. The van der Waals surface area contributed by atoms with Gasteiger partial charge in [0.05, 0.1) is 6.20 Å².